The molecular weight excluding hydrogens is 364 g/mol. The van der Waals surface area contributed by atoms with Gasteiger partial charge in [-0.15, -0.1) is 0 Å². The van der Waals surface area contributed by atoms with Gasteiger partial charge in [0.25, 0.3) is 5.91 Å². The first kappa shape index (κ1) is 19.4. The summed E-state index contributed by atoms with van der Waals surface area (Å²) in [5.41, 5.74) is 1.89. The minimum Gasteiger partial charge on any atom is -0.353 e. The summed E-state index contributed by atoms with van der Waals surface area (Å²) >= 11 is 0. The molecule has 1 aliphatic heterocycles. The number of nitrogens with one attached hydrogen (secondary N) is 1. The van der Waals surface area contributed by atoms with Crippen molar-refractivity contribution in [2.24, 2.45) is 0 Å². The molecule has 2 aromatic heterocycles. The summed E-state index contributed by atoms with van der Waals surface area (Å²) in [6, 6.07) is 7.64. The molecule has 29 heavy (non-hydrogen) atoms. The number of nitrogens with zero attached hydrogens (tertiary/aromatic N) is 5. The van der Waals surface area contributed by atoms with Crippen LogP contribution in [0.5, 0.6) is 0 Å². The van der Waals surface area contributed by atoms with Gasteiger partial charge in [0.15, 0.2) is 0 Å². The third kappa shape index (κ3) is 5.10. The molecule has 0 bridgehead atoms. The van der Waals surface area contributed by atoms with Gasteiger partial charge >= 0.3 is 0 Å². The molecule has 1 saturated heterocycles. The summed E-state index contributed by atoms with van der Waals surface area (Å²) in [4.78, 5) is 30.2. The number of piperazine rings is 1. The second-order valence-corrected chi connectivity index (χ2v) is 7.52. The van der Waals surface area contributed by atoms with Crippen molar-refractivity contribution in [3.05, 3.63) is 54.0 Å². The van der Waals surface area contributed by atoms with Gasteiger partial charge in [0.2, 0.25) is 5.95 Å². The number of aromatic nitrogens is 3. The Morgan fingerprint density at radius 2 is 1.86 bits per heavy atom. The molecule has 0 spiro atoms. The standard InChI is InChI=1S/C22H28N6O/c29-21(24-12-9-18-6-2-1-3-7-18)19-10-13-25-22(26-19)28-16-14-27(15-17-28)20-8-4-5-11-23-20/h4-6,8,10-11,13H,1-3,7,9,12,14-17H2,(H,24,29). The summed E-state index contributed by atoms with van der Waals surface area (Å²) in [5.74, 6) is 1.49. The zero-order valence-corrected chi connectivity index (χ0v) is 16.8. The van der Waals surface area contributed by atoms with Gasteiger partial charge in [-0.05, 0) is 50.3 Å². The van der Waals surface area contributed by atoms with Gasteiger partial charge in [-0.25, -0.2) is 15.0 Å². The van der Waals surface area contributed by atoms with E-state index in [1.807, 2.05) is 24.4 Å². The van der Waals surface area contributed by atoms with Crippen LogP contribution in [0.15, 0.2) is 48.3 Å². The monoisotopic (exact) mass is 392 g/mol. The zero-order chi connectivity index (χ0) is 19.9. The Balaban J connectivity index is 1.30. The van der Waals surface area contributed by atoms with Gasteiger partial charge < -0.3 is 15.1 Å². The highest BCUT2D eigenvalue weighted by molar-refractivity contribution is 5.92. The van der Waals surface area contributed by atoms with E-state index >= 15 is 0 Å². The molecule has 0 saturated carbocycles. The predicted molar refractivity (Wildman–Crippen MR) is 114 cm³/mol. The number of hydrogen-bond acceptors (Lipinski definition) is 6. The molecule has 1 amide bonds. The molecule has 3 heterocycles. The van der Waals surface area contributed by atoms with E-state index in [1.165, 1.54) is 24.8 Å². The van der Waals surface area contributed by atoms with E-state index in [1.54, 1.807) is 12.3 Å². The number of amides is 1. The van der Waals surface area contributed by atoms with Crippen molar-refractivity contribution in [1.82, 2.24) is 20.3 Å². The molecule has 7 heteroatoms. The Morgan fingerprint density at radius 3 is 2.62 bits per heavy atom. The van der Waals surface area contributed by atoms with Crippen molar-refractivity contribution in [2.45, 2.75) is 32.1 Å². The Hall–Kier alpha value is -2.96. The van der Waals surface area contributed by atoms with Gasteiger partial charge in [-0.3, -0.25) is 4.79 Å². The molecule has 1 aliphatic carbocycles. The van der Waals surface area contributed by atoms with Crippen LogP contribution in [-0.2, 0) is 0 Å². The van der Waals surface area contributed by atoms with Crippen molar-refractivity contribution in [1.29, 1.82) is 0 Å². The number of anilines is 2. The number of rotatable bonds is 6. The van der Waals surface area contributed by atoms with Crippen LogP contribution in [0.1, 0.15) is 42.6 Å². The maximum atomic E-state index is 12.5. The summed E-state index contributed by atoms with van der Waals surface area (Å²) < 4.78 is 0. The Morgan fingerprint density at radius 1 is 1.00 bits per heavy atom. The molecule has 4 rings (SSSR count). The van der Waals surface area contributed by atoms with Gasteiger partial charge in [-0.1, -0.05) is 17.7 Å². The summed E-state index contributed by atoms with van der Waals surface area (Å²) in [7, 11) is 0. The lowest BCUT2D eigenvalue weighted by atomic mass is 9.97. The van der Waals surface area contributed by atoms with E-state index in [0.29, 0.717) is 18.2 Å². The van der Waals surface area contributed by atoms with Crippen LogP contribution in [0.3, 0.4) is 0 Å². The third-order valence-corrected chi connectivity index (χ3v) is 5.53. The average molecular weight is 393 g/mol. The summed E-state index contributed by atoms with van der Waals surface area (Å²) in [5, 5.41) is 3.00. The zero-order valence-electron chi connectivity index (χ0n) is 16.8. The quantitative estimate of drug-likeness (QED) is 0.762. The van der Waals surface area contributed by atoms with Crippen molar-refractivity contribution in [2.75, 3.05) is 42.5 Å². The van der Waals surface area contributed by atoms with Crippen molar-refractivity contribution >= 4 is 17.7 Å². The SMILES string of the molecule is O=C(NCCC1=CCCCC1)c1ccnc(N2CCN(c3ccccn3)CC2)n1. The van der Waals surface area contributed by atoms with E-state index in [4.69, 9.17) is 0 Å². The maximum absolute atomic E-state index is 12.5. The lowest BCUT2D eigenvalue weighted by Crippen LogP contribution is -2.47. The van der Waals surface area contributed by atoms with Crippen LogP contribution < -0.4 is 15.1 Å². The fourth-order valence-corrected chi connectivity index (χ4v) is 3.86. The second kappa shape index (κ2) is 9.49. The number of pyridine rings is 1. The highest BCUT2D eigenvalue weighted by Gasteiger charge is 2.20. The minimum absolute atomic E-state index is 0.128. The molecule has 0 aromatic carbocycles. The van der Waals surface area contributed by atoms with Crippen LogP contribution in [0.4, 0.5) is 11.8 Å². The van der Waals surface area contributed by atoms with Crippen LogP contribution in [0, 0.1) is 0 Å². The van der Waals surface area contributed by atoms with Crippen LogP contribution in [0.25, 0.3) is 0 Å². The van der Waals surface area contributed by atoms with Gasteiger partial charge in [0.1, 0.15) is 11.5 Å². The normalized spacial score (nSPS) is 17.0. The van der Waals surface area contributed by atoms with E-state index < -0.39 is 0 Å². The topological polar surface area (TPSA) is 74.2 Å². The minimum atomic E-state index is -0.128. The van der Waals surface area contributed by atoms with Crippen molar-refractivity contribution in [3.8, 4) is 0 Å². The average Bonchev–Trinajstić information content (AvgIpc) is 2.80. The summed E-state index contributed by atoms with van der Waals surface area (Å²) in [6.45, 7) is 3.97. The molecule has 2 aliphatic rings. The van der Waals surface area contributed by atoms with E-state index in [9.17, 15) is 4.79 Å². The largest absolute Gasteiger partial charge is 0.353 e. The lowest BCUT2D eigenvalue weighted by Gasteiger charge is -2.35. The highest BCUT2D eigenvalue weighted by Crippen LogP contribution is 2.19. The molecular formula is C22H28N6O. The lowest BCUT2D eigenvalue weighted by molar-refractivity contribution is 0.0949. The highest BCUT2D eigenvalue weighted by atomic mass is 16.1. The fourth-order valence-electron chi connectivity index (χ4n) is 3.86. The predicted octanol–water partition coefficient (Wildman–Crippen LogP) is 2.82. The molecule has 1 fully saturated rings. The van der Waals surface area contributed by atoms with Crippen LogP contribution in [0.2, 0.25) is 0 Å². The van der Waals surface area contributed by atoms with Gasteiger partial charge in [0, 0.05) is 45.1 Å². The van der Waals surface area contributed by atoms with E-state index in [0.717, 1.165) is 44.8 Å². The van der Waals surface area contributed by atoms with Gasteiger partial charge in [-0.2, -0.15) is 0 Å². The number of carbonyl (C=O) groups excluding carboxylic acids is 1. The first-order chi connectivity index (χ1) is 14.3. The first-order valence-corrected chi connectivity index (χ1v) is 10.5. The Bertz CT molecular complexity index is 845. The van der Waals surface area contributed by atoms with E-state index in [2.05, 4.69) is 36.1 Å². The van der Waals surface area contributed by atoms with Gasteiger partial charge in [0.05, 0.1) is 0 Å². The molecule has 0 atom stereocenters. The summed E-state index contributed by atoms with van der Waals surface area (Å²) in [6.07, 6.45) is 11.6. The molecule has 7 nitrogen and oxygen atoms in total. The van der Waals surface area contributed by atoms with Crippen molar-refractivity contribution < 1.29 is 4.79 Å². The molecule has 0 unspecified atom stereocenters. The molecule has 152 valence electrons. The number of allylic oxidation sites excluding steroid dienone is 1. The molecule has 2 aromatic rings. The Labute approximate surface area is 171 Å². The van der Waals surface area contributed by atoms with Crippen molar-refractivity contribution in [3.63, 3.8) is 0 Å². The first-order valence-electron chi connectivity index (χ1n) is 10.5. The second-order valence-electron chi connectivity index (χ2n) is 7.52. The molecule has 1 N–H and O–H groups in total. The fraction of sp³-hybridized carbons (Fsp3) is 0.455. The van der Waals surface area contributed by atoms with Crippen LogP contribution >= 0.6 is 0 Å². The van der Waals surface area contributed by atoms with E-state index in [-0.39, 0.29) is 5.91 Å². The number of carbonyl (C=O) groups is 1. The molecule has 0 radical (unpaired) electrons. The third-order valence-electron chi connectivity index (χ3n) is 5.53. The smallest absolute Gasteiger partial charge is 0.270 e. The maximum Gasteiger partial charge on any atom is 0.270 e. The Kier molecular flexibility index (Phi) is 6.34. The van der Waals surface area contributed by atoms with Crippen LogP contribution in [-0.4, -0.2) is 53.6 Å². The number of hydrogen-bond donors (Lipinski definition) is 1.